The van der Waals surface area contributed by atoms with E-state index in [2.05, 4.69) is 10.3 Å². The summed E-state index contributed by atoms with van der Waals surface area (Å²) in [5.41, 5.74) is -0.380. The normalized spacial score (nSPS) is 17.1. The Kier molecular flexibility index (Phi) is 5.50. The summed E-state index contributed by atoms with van der Waals surface area (Å²) in [6.45, 7) is 2.43. The van der Waals surface area contributed by atoms with E-state index in [-0.39, 0.29) is 35.1 Å². The third-order valence-corrected chi connectivity index (χ3v) is 7.31. The van der Waals surface area contributed by atoms with Gasteiger partial charge in [0, 0.05) is 31.2 Å². The van der Waals surface area contributed by atoms with Crippen molar-refractivity contribution >= 4 is 26.8 Å². The van der Waals surface area contributed by atoms with E-state index in [9.17, 15) is 22.8 Å². The van der Waals surface area contributed by atoms with Crippen molar-refractivity contribution < 1.29 is 13.2 Å². The van der Waals surface area contributed by atoms with Gasteiger partial charge in [-0.25, -0.2) is 13.2 Å². The van der Waals surface area contributed by atoms with Crippen LogP contribution < -0.4 is 16.6 Å². The van der Waals surface area contributed by atoms with Crippen LogP contribution in [0.4, 0.5) is 0 Å². The van der Waals surface area contributed by atoms with E-state index in [4.69, 9.17) is 0 Å². The van der Waals surface area contributed by atoms with E-state index in [1.165, 1.54) is 22.5 Å². The van der Waals surface area contributed by atoms with E-state index >= 15 is 0 Å². The number of aromatic amines is 1. The Balaban J connectivity index is 1.51. The summed E-state index contributed by atoms with van der Waals surface area (Å²) in [6, 6.07) is 12.3. The Bertz CT molecular complexity index is 1360. The van der Waals surface area contributed by atoms with Gasteiger partial charge in [0.2, 0.25) is 10.0 Å². The molecule has 1 saturated heterocycles. The van der Waals surface area contributed by atoms with Crippen LogP contribution in [0.15, 0.2) is 63.0 Å². The highest BCUT2D eigenvalue weighted by Crippen LogP contribution is 2.21. The Labute approximate surface area is 178 Å². The minimum Gasteiger partial charge on any atom is -0.348 e. The van der Waals surface area contributed by atoms with Crippen molar-refractivity contribution in [2.24, 2.45) is 0 Å². The van der Waals surface area contributed by atoms with E-state index in [1.807, 2.05) is 0 Å². The molecule has 0 unspecified atom stereocenters. The number of rotatable bonds is 5. The van der Waals surface area contributed by atoms with Crippen molar-refractivity contribution in [2.45, 2.75) is 30.8 Å². The second-order valence-electron chi connectivity index (χ2n) is 7.38. The molecule has 1 aromatic heterocycles. The fraction of sp³-hybridized carbons (Fsp3) is 0.286. The lowest BCUT2D eigenvalue weighted by Gasteiger charge is -2.17. The quantitative estimate of drug-likeness (QED) is 0.608. The number of hydrogen-bond donors (Lipinski definition) is 2. The van der Waals surface area contributed by atoms with Crippen molar-refractivity contribution in [1.82, 2.24) is 19.2 Å². The maximum atomic E-state index is 12.7. The van der Waals surface area contributed by atoms with Gasteiger partial charge in [0.15, 0.2) is 0 Å². The van der Waals surface area contributed by atoms with Gasteiger partial charge in [0.25, 0.3) is 11.5 Å². The molecule has 31 heavy (non-hydrogen) atoms. The molecular weight excluding hydrogens is 420 g/mol. The number of hydrogen-bond acceptors (Lipinski definition) is 5. The maximum absolute atomic E-state index is 12.7. The first-order chi connectivity index (χ1) is 14.8. The van der Waals surface area contributed by atoms with Crippen LogP contribution in [0.5, 0.6) is 0 Å². The van der Waals surface area contributed by atoms with Crippen molar-refractivity contribution in [3.8, 4) is 0 Å². The first-order valence-electron chi connectivity index (χ1n) is 9.94. The van der Waals surface area contributed by atoms with Gasteiger partial charge < -0.3 is 10.3 Å². The summed E-state index contributed by atoms with van der Waals surface area (Å²) < 4.78 is 27.9. The predicted octanol–water partition coefficient (Wildman–Crippen LogP) is 0.903. The molecule has 0 radical (unpaired) electrons. The van der Waals surface area contributed by atoms with Crippen LogP contribution >= 0.6 is 0 Å². The van der Waals surface area contributed by atoms with Crippen molar-refractivity contribution in [2.75, 3.05) is 13.1 Å². The monoisotopic (exact) mass is 442 g/mol. The number of nitrogens with zero attached hydrogens (tertiary/aromatic N) is 2. The topological polar surface area (TPSA) is 121 Å². The molecule has 10 heteroatoms. The molecule has 1 amide bonds. The minimum atomic E-state index is -3.61. The molecule has 2 aromatic carbocycles. The van der Waals surface area contributed by atoms with Crippen molar-refractivity contribution in [3.05, 3.63) is 74.9 Å². The zero-order chi connectivity index (χ0) is 22.2. The number of carbonyl (C=O) groups is 1. The zero-order valence-electron chi connectivity index (χ0n) is 16.9. The highest BCUT2D eigenvalue weighted by atomic mass is 32.2. The molecule has 0 saturated carbocycles. The van der Waals surface area contributed by atoms with Crippen LogP contribution in [0.2, 0.25) is 0 Å². The van der Waals surface area contributed by atoms with Gasteiger partial charge in [0.1, 0.15) is 0 Å². The summed E-state index contributed by atoms with van der Waals surface area (Å²) in [7, 11) is -3.61. The van der Waals surface area contributed by atoms with Gasteiger partial charge in [-0.15, -0.1) is 0 Å². The summed E-state index contributed by atoms with van der Waals surface area (Å²) in [4.78, 5) is 40.0. The van der Waals surface area contributed by atoms with Crippen molar-refractivity contribution in [3.63, 3.8) is 0 Å². The molecule has 0 spiro atoms. The zero-order valence-corrected chi connectivity index (χ0v) is 17.7. The number of benzene rings is 2. The highest BCUT2D eigenvalue weighted by Gasteiger charge is 2.33. The average molecular weight is 442 g/mol. The standard InChI is InChI=1S/C21H22N4O5S/c1-2-25-20(27)17-9-8-14(12-18(17)23-21(25)28)19(26)22-15-10-11-24(13-15)31(29,30)16-6-4-3-5-7-16/h3-9,12,15H,2,10-11,13H2,1H3,(H,22,26)(H,23,28)/t15-/m0/s1. The molecular formula is C21H22N4O5S. The fourth-order valence-corrected chi connectivity index (χ4v) is 5.28. The van der Waals surface area contributed by atoms with Crippen molar-refractivity contribution in [1.29, 1.82) is 0 Å². The van der Waals surface area contributed by atoms with Gasteiger partial charge in [-0.3, -0.25) is 14.2 Å². The Morgan fingerprint density at radius 1 is 1.16 bits per heavy atom. The van der Waals surface area contributed by atoms with Crippen LogP contribution in [-0.2, 0) is 16.6 Å². The smallest absolute Gasteiger partial charge is 0.328 e. The van der Waals surface area contributed by atoms with E-state index in [0.29, 0.717) is 18.4 Å². The number of carbonyl (C=O) groups excluding carboxylic acids is 1. The largest absolute Gasteiger partial charge is 0.348 e. The lowest BCUT2D eigenvalue weighted by atomic mass is 10.1. The first-order valence-corrected chi connectivity index (χ1v) is 11.4. The number of H-pyrrole nitrogens is 1. The number of aromatic nitrogens is 2. The van der Waals surface area contributed by atoms with Gasteiger partial charge >= 0.3 is 5.69 Å². The summed E-state index contributed by atoms with van der Waals surface area (Å²) in [6.07, 6.45) is 0.490. The third-order valence-electron chi connectivity index (χ3n) is 5.43. The van der Waals surface area contributed by atoms with E-state index < -0.39 is 27.2 Å². The van der Waals surface area contributed by atoms with Gasteiger partial charge in [-0.1, -0.05) is 18.2 Å². The minimum absolute atomic E-state index is 0.175. The van der Waals surface area contributed by atoms with Crippen LogP contribution in [0.3, 0.4) is 0 Å². The lowest BCUT2D eigenvalue weighted by molar-refractivity contribution is 0.0939. The average Bonchev–Trinajstić information content (AvgIpc) is 3.23. The molecule has 1 atom stereocenters. The summed E-state index contributed by atoms with van der Waals surface area (Å²) >= 11 is 0. The number of sulfonamides is 1. The fourth-order valence-electron chi connectivity index (χ4n) is 3.76. The Hall–Kier alpha value is -3.24. The van der Waals surface area contributed by atoms with Gasteiger partial charge in [-0.2, -0.15) is 4.31 Å². The predicted molar refractivity (Wildman–Crippen MR) is 116 cm³/mol. The third kappa shape index (κ3) is 3.91. The van der Waals surface area contributed by atoms with Gasteiger partial charge in [0.05, 0.1) is 15.8 Å². The SMILES string of the molecule is CCn1c(=O)[nH]c2cc(C(=O)N[C@H]3CCN(S(=O)(=O)c4ccccc4)C3)ccc2c1=O. The van der Waals surface area contributed by atoms with Crippen LogP contribution in [0.25, 0.3) is 10.9 Å². The molecule has 1 aliphatic heterocycles. The number of fused-ring (bicyclic) bond motifs is 1. The van der Waals surface area contributed by atoms with Crippen LogP contribution in [-0.4, -0.2) is 47.3 Å². The van der Waals surface area contributed by atoms with Crippen LogP contribution in [0, 0.1) is 0 Å². The molecule has 2 N–H and O–H groups in total. The first kappa shape index (κ1) is 21.0. The maximum Gasteiger partial charge on any atom is 0.328 e. The highest BCUT2D eigenvalue weighted by molar-refractivity contribution is 7.89. The van der Waals surface area contributed by atoms with E-state index in [0.717, 1.165) is 4.57 Å². The number of nitrogens with one attached hydrogen (secondary N) is 2. The Morgan fingerprint density at radius 3 is 2.61 bits per heavy atom. The second kappa shape index (κ2) is 8.12. The molecule has 1 aliphatic rings. The summed E-state index contributed by atoms with van der Waals surface area (Å²) in [5, 5.41) is 3.16. The molecule has 9 nitrogen and oxygen atoms in total. The van der Waals surface area contributed by atoms with E-state index in [1.54, 1.807) is 37.3 Å². The lowest BCUT2D eigenvalue weighted by Crippen LogP contribution is -2.38. The van der Waals surface area contributed by atoms with Crippen LogP contribution in [0.1, 0.15) is 23.7 Å². The molecule has 1 fully saturated rings. The van der Waals surface area contributed by atoms with Gasteiger partial charge in [-0.05, 0) is 43.7 Å². The second-order valence-corrected chi connectivity index (χ2v) is 9.31. The molecule has 162 valence electrons. The molecule has 0 bridgehead atoms. The molecule has 3 aromatic rings. The number of amides is 1. The molecule has 0 aliphatic carbocycles. The Morgan fingerprint density at radius 2 is 1.90 bits per heavy atom. The molecule has 4 rings (SSSR count). The summed E-state index contributed by atoms with van der Waals surface area (Å²) in [5.74, 6) is -0.397. The molecule has 2 heterocycles.